The van der Waals surface area contributed by atoms with Crippen LogP contribution in [0.2, 0.25) is 0 Å². The third kappa shape index (κ3) is 5.69. The van der Waals surface area contributed by atoms with Crippen LogP contribution in [-0.4, -0.2) is 38.6 Å². The molecule has 0 aliphatic carbocycles. The van der Waals surface area contributed by atoms with Gasteiger partial charge < -0.3 is 10.2 Å². The Kier molecular flexibility index (Phi) is 7.32. The second-order valence-electron chi connectivity index (χ2n) is 8.70. The molecule has 0 saturated heterocycles. The fourth-order valence-corrected chi connectivity index (χ4v) is 5.43. The first-order valence-electron chi connectivity index (χ1n) is 11.5. The van der Waals surface area contributed by atoms with Crippen LogP contribution in [0.25, 0.3) is 0 Å². The first-order chi connectivity index (χ1) is 17.1. The van der Waals surface area contributed by atoms with Gasteiger partial charge >= 0.3 is 0 Å². The van der Waals surface area contributed by atoms with Crippen molar-refractivity contribution in [3.63, 3.8) is 0 Å². The molecule has 0 radical (unpaired) electrons. The summed E-state index contributed by atoms with van der Waals surface area (Å²) in [6, 6.07) is 19.1. The highest BCUT2D eigenvalue weighted by Crippen LogP contribution is 2.30. The predicted molar refractivity (Wildman–Crippen MR) is 138 cm³/mol. The number of sulfonamides is 1. The van der Waals surface area contributed by atoms with E-state index in [4.69, 9.17) is 0 Å². The zero-order valence-corrected chi connectivity index (χ0v) is 20.8. The molecule has 3 aromatic carbocycles. The lowest BCUT2D eigenvalue weighted by Gasteiger charge is -2.20. The van der Waals surface area contributed by atoms with Gasteiger partial charge in [-0.15, -0.1) is 0 Å². The maximum absolute atomic E-state index is 13.3. The van der Waals surface area contributed by atoms with Crippen molar-refractivity contribution in [1.82, 2.24) is 4.72 Å². The van der Waals surface area contributed by atoms with Crippen LogP contribution >= 0.6 is 0 Å². The second kappa shape index (κ2) is 10.4. The molecule has 1 atom stereocenters. The molecule has 1 aliphatic rings. The van der Waals surface area contributed by atoms with Crippen molar-refractivity contribution in [2.45, 2.75) is 37.6 Å². The third-order valence-electron chi connectivity index (χ3n) is 6.09. The normalized spacial score (nSPS) is 13.7. The first-order valence-corrected chi connectivity index (χ1v) is 13.0. The molecule has 0 unspecified atom stereocenters. The minimum absolute atomic E-state index is 0.0309. The van der Waals surface area contributed by atoms with Gasteiger partial charge in [0, 0.05) is 30.4 Å². The lowest BCUT2D eigenvalue weighted by atomic mass is 10.1. The molecule has 0 spiro atoms. The summed E-state index contributed by atoms with van der Waals surface area (Å²) in [5.41, 5.74) is 3.22. The molecule has 1 heterocycles. The first kappa shape index (κ1) is 25.3. The highest BCUT2D eigenvalue weighted by molar-refractivity contribution is 7.89. The van der Waals surface area contributed by atoms with E-state index in [0.29, 0.717) is 29.9 Å². The lowest BCUT2D eigenvalue weighted by Crippen LogP contribution is -2.45. The molecule has 186 valence electrons. The number of nitrogens with one attached hydrogen (secondary N) is 2. The number of Topliss-reactive ketones (excluding diaryl/α,β-unsaturated/α-hetero) is 1. The van der Waals surface area contributed by atoms with Crippen LogP contribution in [0.15, 0.2) is 77.7 Å². The molecule has 0 saturated carbocycles. The Balaban J connectivity index is 1.58. The summed E-state index contributed by atoms with van der Waals surface area (Å²) in [5, 5.41) is 2.74. The van der Waals surface area contributed by atoms with Gasteiger partial charge in [0.25, 0.3) is 0 Å². The molecule has 4 rings (SSSR count). The van der Waals surface area contributed by atoms with E-state index in [2.05, 4.69) is 10.0 Å². The molecule has 0 aromatic heterocycles. The molecule has 2 amide bonds. The summed E-state index contributed by atoms with van der Waals surface area (Å²) in [7, 11) is -4.05. The van der Waals surface area contributed by atoms with Gasteiger partial charge in [0.1, 0.15) is 6.04 Å². The van der Waals surface area contributed by atoms with Crippen LogP contribution in [-0.2, 0) is 32.5 Å². The zero-order valence-electron chi connectivity index (χ0n) is 20.0. The minimum Gasteiger partial charge on any atom is -0.325 e. The van der Waals surface area contributed by atoms with Gasteiger partial charge in [0.05, 0.1) is 4.90 Å². The van der Waals surface area contributed by atoms with Crippen molar-refractivity contribution in [2.75, 3.05) is 16.8 Å². The number of rotatable bonds is 8. The zero-order chi connectivity index (χ0) is 25.9. The minimum atomic E-state index is -4.05. The number of fused-ring (bicyclic) bond motifs is 1. The van der Waals surface area contributed by atoms with Gasteiger partial charge in [-0.25, -0.2) is 8.42 Å². The highest BCUT2D eigenvalue weighted by Gasteiger charge is 2.29. The van der Waals surface area contributed by atoms with E-state index < -0.39 is 22.0 Å². The Bertz CT molecular complexity index is 1400. The van der Waals surface area contributed by atoms with Crippen LogP contribution in [0.1, 0.15) is 35.3 Å². The fourth-order valence-electron chi connectivity index (χ4n) is 4.18. The van der Waals surface area contributed by atoms with Crippen LogP contribution in [0.4, 0.5) is 11.4 Å². The van der Waals surface area contributed by atoms with E-state index in [0.717, 1.165) is 11.1 Å². The van der Waals surface area contributed by atoms with Crippen LogP contribution < -0.4 is 14.9 Å². The molecule has 1 aliphatic heterocycles. The molecule has 0 bridgehead atoms. The highest BCUT2D eigenvalue weighted by atomic mass is 32.2. The Morgan fingerprint density at radius 1 is 0.944 bits per heavy atom. The number of anilines is 2. The van der Waals surface area contributed by atoms with Crippen molar-refractivity contribution >= 4 is 39.0 Å². The number of carbonyl (C=O) groups excluding carboxylic acids is 3. The van der Waals surface area contributed by atoms with E-state index >= 15 is 0 Å². The number of nitrogens with zero attached hydrogens (tertiary/aromatic N) is 1. The van der Waals surface area contributed by atoms with E-state index in [9.17, 15) is 22.8 Å². The predicted octanol–water partition coefficient (Wildman–Crippen LogP) is 3.33. The Morgan fingerprint density at radius 3 is 2.28 bits per heavy atom. The van der Waals surface area contributed by atoms with Crippen molar-refractivity contribution < 1.29 is 22.8 Å². The molecule has 8 nitrogen and oxygen atoms in total. The smallest absolute Gasteiger partial charge is 0.242 e. The summed E-state index contributed by atoms with van der Waals surface area (Å²) >= 11 is 0. The Hall–Kier alpha value is -3.82. The topological polar surface area (TPSA) is 113 Å². The van der Waals surface area contributed by atoms with E-state index in [1.54, 1.807) is 41.3 Å². The standard InChI is InChI=1S/C27H27N3O5S/c1-18(31)21-8-10-23(11-9-21)28-27(33)25(16-20-6-4-3-5-7-20)29-36(34,35)24-12-13-26-22(17-24)14-15-30(26)19(2)32/h3-13,17,25,29H,14-16H2,1-2H3,(H,28,33)/t25-/m1/s1. The van der Waals surface area contributed by atoms with E-state index in [1.165, 1.54) is 19.9 Å². The van der Waals surface area contributed by atoms with Gasteiger partial charge in [0.2, 0.25) is 21.8 Å². The van der Waals surface area contributed by atoms with Crippen LogP contribution in [0, 0.1) is 0 Å². The number of hydrogen-bond donors (Lipinski definition) is 2. The van der Waals surface area contributed by atoms with Crippen molar-refractivity contribution in [1.29, 1.82) is 0 Å². The molecule has 3 aromatic rings. The Morgan fingerprint density at radius 2 is 1.64 bits per heavy atom. The summed E-state index contributed by atoms with van der Waals surface area (Å²) < 4.78 is 29.2. The van der Waals surface area contributed by atoms with Gasteiger partial charge in [-0.05, 0) is 73.4 Å². The van der Waals surface area contributed by atoms with Gasteiger partial charge in [-0.2, -0.15) is 4.72 Å². The van der Waals surface area contributed by atoms with E-state index in [-0.39, 0.29) is 23.0 Å². The summed E-state index contributed by atoms with van der Waals surface area (Å²) in [4.78, 5) is 38.2. The largest absolute Gasteiger partial charge is 0.325 e. The van der Waals surface area contributed by atoms with Crippen LogP contribution in [0.3, 0.4) is 0 Å². The molecule has 9 heteroatoms. The summed E-state index contributed by atoms with van der Waals surface area (Å²) in [6.07, 6.45) is 0.697. The maximum atomic E-state index is 13.3. The molecule has 0 fully saturated rings. The van der Waals surface area contributed by atoms with Crippen LogP contribution in [0.5, 0.6) is 0 Å². The average molecular weight is 506 g/mol. The van der Waals surface area contributed by atoms with Gasteiger partial charge in [-0.3, -0.25) is 14.4 Å². The molecule has 36 heavy (non-hydrogen) atoms. The van der Waals surface area contributed by atoms with Crippen molar-refractivity contribution in [2.24, 2.45) is 0 Å². The quantitative estimate of drug-likeness (QED) is 0.456. The number of carbonyl (C=O) groups is 3. The third-order valence-corrected chi connectivity index (χ3v) is 7.56. The second-order valence-corrected chi connectivity index (χ2v) is 10.4. The van der Waals surface area contributed by atoms with Crippen molar-refractivity contribution in [3.8, 4) is 0 Å². The van der Waals surface area contributed by atoms with Gasteiger partial charge in [0.15, 0.2) is 5.78 Å². The summed E-state index contributed by atoms with van der Waals surface area (Å²) in [5.74, 6) is -0.719. The SMILES string of the molecule is CC(=O)c1ccc(NC(=O)[C@@H](Cc2ccccc2)NS(=O)(=O)c2ccc3c(c2)CCN3C(C)=O)cc1. The molecular weight excluding hydrogens is 478 g/mol. The molecular formula is C27H27N3O5S. The number of benzene rings is 3. The monoisotopic (exact) mass is 505 g/mol. The summed E-state index contributed by atoms with van der Waals surface area (Å²) in [6.45, 7) is 3.43. The number of hydrogen-bond acceptors (Lipinski definition) is 5. The number of amides is 2. The van der Waals surface area contributed by atoms with Crippen molar-refractivity contribution in [3.05, 3.63) is 89.5 Å². The lowest BCUT2D eigenvalue weighted by molar-refractivity contribution is -0.118. The molecule has 2 N–H and O–H groups in total. The number of ketones is 1. The van der Waals surface area contributed by atoms with E-state index in [1.807, 2.05) is 30.3 Å². The fraction of sp³-hybridized carbons (Fsp3) is 0.222. The van der Waals surface area contributed by atoms with Gasteiger partial charge in [-0.1, -0.05) is 30.3 Å². The Labute approximate surface area is 210 Å². The average Bonchev–Trinajstić information content (AvgIpc) is 3.28. The maximum Gasteiger partial charge on any atom is 0.242 e.